The largest absolute Gasteiger partial charge is 0.316 e. The van der Waals surface area contributed by atoms with E-state index in [0.29, 0.717) is 11.1 Å². The van der Waals surface area contributed by atoms with Crippen molar-refractivity contribution in [2.24, 2.45) is 5.92 Å². The number of hydrogen-bond acceptors (Lipinski definition) is 1. The third-order valence-corrected chi connectivity index (χ3v) is 3.75. The highest BCUT2D eigenvalue weighted by Crippen LogP contribution is 2.39. The van der Waals surface area contributed by atoms with E-state index in [1.54, 1.807) is 13.8 Å². The summed E-state index contributed by atoms with van der Waals surface area (Å²) in [5.41, 5.74) is 2.71. The first-order valence-corrected chi connectivity index (χ1v) is 6.57. The minimum absolute atomic E-state index is 0.0370. The Morgan fingerprint density at radius 3 is 2.33 bits per heavy atom. The number of aryl methyl sites for hydroxylation is 3. The lowest BCUT2D eigenvalue weighted by molar-refractivity contribution is -0.0279. The van der Waals surface area contributed by atoms with Crippen molar-refractivity contribution in [2.45, 2.75) is 39.5 Å². The molecule has 100 valence electrons. The predicted molar refractivity (Wildman–Crippen MR) is 70.1 cm³/mol. The van der Waals surface area contributed by atoms with Gasteiger partial charge < -0.3 is 5.32 Å². The molecule has 1 aliphatic heterocycles. The smallest absolute Gasteiger partial charge is 0.274 e. The molecule has 1 unspecified atom stereocenters. The zero-order chi connectivity index (χ0) is 13.3. The molecule has 0 spiro atoms. The van der Waals surface area contributed by atoms with E-state index in [0.717, 1.165) is 25.1 Å². The molecule has 0 aromatic heterocycles. The molecule has 1 aromatic carbocycles. The van der Waals surface area contributed by atoms with E-state index in [9.17, 15) is 8.78 Å². The number of nitrogens with one attached hydrogen (secondary N) is 1. The molecule has 1 atom stereocenters. The third kappa shape index (κ3) is 2.72. The lowest BCUT2D eigenvalue weighted by atomic mass is 9.89. The molecule has 1 aromatic rings. The molecule has 0 amide bonds. The molecule has 1 saturated heterocycles. The molecule has 0 saturated carbocycles. The van der Waals surface area contributed by atoms with Crippen molar-refractivity contribution >= 4 is 0 Å². The van der Waals surface area contributed by atoms with Crippen LogP contribution in [-0.2, 0) is 5.92 Å². The Labute approximate surface area is 108 Å². The standard InChI is InChI=1S/C15H21F2N/c1-10-6-11(2)14(12(3)7-10)15(16,17)8-13-4-5-18-9-13/h6-7,13,18H,4-5,8-9H2,1-3H3. The maximum atomic E-state index is 14.4. The molecule has 3 heteroatoms. The van der Waals surface area contributed by atoms with Crippen LogP contribution in [-0.4, -0.2) is 13.1 Å². The first-order valence-electron chi connectivity index (χ1n) is 6.57. The highest BCUT2D eigenvalue weighted by atomic mass is 19.3. The molecule has 2 rings (SSSR count). The van der Waals surface area contributed by atoms with Crippen LogP contribution in [0.15, 0.2) is 12.1 Å². The average molecular weight is 253 g/mol. The van der Waals surface area contributed by atoms with Crippen LogP contribution < -0.4 is 5.32 Å². The van der Waals surface area contributed by atoms with Crippen molar-refractivity contribution in [3.63, 3.8) is 0 Å². The van der Waals surface area contributed by atoms with Crippen molar-refractivity contribution < 1.29 is 8.78 Å². The van der Waals surface area contributed by atoms with Gasteiger partial charge in [0.1, 0.15) is 0 Å². The maximum Gasteiger partial charge on any atom is 0.274 e. The lowest BCUT2D eigenvalue weighted by Crippen LogP contribution is -2.22. The SMILES string of the molecule is Cc1cc(C)c(C(F)(F)CC2CCNC2)c(C)c1. The summed E-state index contributed by atoms with van der Waals surface area (Å²) in [6.45, 7) is 7.11. The highest BCUT2D eigenvalue weighted by molar-refractivity contribution is 5.40. The Kier molecular flexibility index (Phi) is 3.71. The van der Waals surface area contributed by atoms with Gasteiger partial charge in [-0.3, -0.25) is 0 Å². The molecule has 0 radical (unpaired) electrons. The van der Waals surface area contributed by atoms with Crippen LogP contribution in [0.5, 0.6) is 0 Å². The summed E-state index contributed by atoms with van der Waals surface area (Å²) in [6.07, 6.45) is 0.824. The Bertz CT molecular complexity index is 411. The Morgan fingerprint density at radius 1 is 1.22 bits per heavy atom. The molecule has 18 heavy (non-hydrogen) atoms. The van der Waals surface area contributed by atoms with E-state index < -0.39 is 5.92 Å². The third-order valence-electron chi connectivity index (χ3n) is 3.75. The fraction of sp³-hybridized carbons (Fsp3) is 0.600. The van der Waals surface area contributed by atoms with Gasteiger partial charge in [-0.05, 0) is 57.3 Å². The van der Waals surface area contributed by atoms with Crippen LogP contribution in [0.2, 0.25) is 0 Å². The lowest BCUT2D eigenvalue weighted by Gasteiger charge is -2.24. The van der Waals surface area contributed by atoms with Crippen LogP contribution in [0.1, 0.15) is 35.1 Å². The summed E-state index contributed by atoms with van der Waals surface area (Å²) in [5.74, 6) is -2.61. The van der Waals surface area contributed by atoms with Crippen molar-refractivity contribution in [1.82, 2.24) is 5.32 Å². The normalized spacial score (nSPS) is 20.4. The van der Waals surface area contributed by atoms with Gasteiger partial charge in [0.25, 0.3) is 5.92 Å². The highest BCUT2D eigenvalue weighted by Gasteiger charge is 2.37. The van der Waals surface area contributed by atoms with Gasteiger partial charge >= 0.3 is 0 Å². The van der Waals surface area contributed by atoms with E-state index >= 15 is 0 Å². The molecule has 1 heterocycles. The predicted octanol–water partition coefficient (Wildman–Crippen LogP) is 3.70. The first kappa shape index (κ1) is 13.5. The van der Waals surface area contributed by atoms with E-state index in [-0.39, 0.29) is 17.9 Å². The van der Waals surface area contributed by atoms with E-state index in [1.807, 2.05) is 19.1 Å². The summed E-state index contributed by atoms with van der Waals surface area (Å²) < 4.78 is 28.9. The summed E-state index contributed by atoms with van der Waals surface area (Å²) in [4.78, 5) is 0. The molecule has 0 aliphatic carbocycles. The molecule has 0 bridgehead atoms. The van der Waals surface area contributed by atoms with Gasteiger partial charge in [0.05, 0.1) is 0 Å². The Hall–Kier alpha value is -0.960. The minimum atomic E-state index is -2.71. The second kappa shape index (κ2) is 4.96. The maximum absolute atomic E-state index is 14.4. The summed E-state index contributed by atoms with van der Waals surface area (Å²) in [6, 6.07) is 3.70. The van der Waals surface area contributed by atoms with E-state index in [1.165, 1.54) is 0 Å². The van der Waals surface area contributed by atoms with Gasteiger partial charge in [-0.25, -0.2) is 8.78 Å². The number of benzene rings is 1. The van der Waals surface area contributed by atoms with Crippen molar-refractivity contribution in [2.75, 3.05) is 13.1 Å². The fourth-order valence-corrected chi connectivity index (χ4v) is 3.11. The number of halogens is 2. The fourth-order valence-electron chi connectivity index (χ4n) is 3.11. The zero-order valence-corrected chi connectivity index (χ0v) is 11.3. The van der Waals surface area contributed by atoms with Crippen LogP contribution in [0, 0.1) is 26.7 Å². The summed E-state index contributed by atoms with van der Waals surface area (Å²) in [7, 11) is 0. The summed E-state index contributed by atoms with van der Waals surface area (Å²) in [5, 5.41) is 3.15. The van der Waals surface area contributed by atoms with Crippen LogP contribution in [0.25, 0.3) is 0 Å². The van der Waals surface area contributed by atoms with Crippen LogP contribution >= 0.6 is 0 Å². The molecular formula is C15H21F2N. The van der Waals surface area contributed by atoms with E-state index in [4.69, 9.17) is 0 Å². The number of rotatable bonds is 3. The first-order chi connectivity index (χ1) is 8.40. The Morgan fingerprint density at radius 2 is 1.83 bits per heavy atom. The molecular weight excluding hydrogens is 232 g/mol. The summed E-state index contributed by atoms with van der Waals surface area (Å²) >= 11 is 0. The average Bonchev–Trinajstić information content (AvgIpc) is 2.66. The minimum Gasteiger partial charge on any atom is -0.316 e. The van der Waals surface area contributed by atoms with Crippen molar-refractivity contribution in [3.05, 3.63) is 34.4 Å². The monoisotopic (exact) mass is 253 g/mol. The number of alkyl halides is 2. The second-order valence-corrected chi connectivity index (χ2v) is 5.54. The molecule has 1 N–H and O–H groups in total. The van der Waals surface area contributed by atoms with Gasteiger partial charge in [0.15, 0.2) is 0 Å². The molecule has 1 fully saturated rings. The van der Waals surface area contributed by atoms with Crippen molar-refractivity contribution in [3.8, 4) is 0 Å². The van der Waals surface area contributed by atoms with Gasteiger partial charge in [-0.2, -0.15) is 0 Å². The second-order valence-electron chi connectivity index (χ2n) is 5.54. The van der Waals surface area contributed by atoms with Crippen LogP contribution in [0.3, 0.4) is 0 Å². The van der Waals surface area contributed by atoms with Gasteiger partial charge in [-0.1, -0.05) is 17.7 Å². The van der Waals surface area contributed by atoms with Gasteiger partial charge in [-0.15, -0.1) is 0 Å². The Balaban J connectivity index is 2.28. The molecule has 1 nitrogen and oxygen atoms in total. The van der Waals surface area contributed by atoms with E-state index in [2.05, 4.69) is 5.32 Å². The van der Waals surface area contributed by atoms with Crippen molar-refractivity contribution in [1.29, 1.82) is 0 Å². The topological polar surface area (TPSA) is 12.0 Å². The van der Waals surface area contributed by atoms with Gasteiger partial charge in [0, 0.05) is 12.0 Å². The molecule has 1 aliphatic rings. The van der Waals surface area contributed by atoms with Gasteiger partial charge in [0.2, 0.25) is 0 Å². The quantitative estimate of drug-likeness (QED) is 0.866. The zero-order valence-electron chi connectivity index (χ0n) is 11.3. The number of hydrogen-bond donors (Lipinski definition) is 1. The van der Waals surface area contributed by atoms with Crippen LogP contribution in [0.4, 0.5) is 8.78 Å².